The van der Waals surface area contributed by atoms with E-state index in [4.69, 9.17) is 9.97 Å². The number of imidazole rings is 2. The first-order valence-corrected chi connectivity index (χ1v) is 8.83. The number of nitrogens with zero attached hydrogens (tertiary/aromatic N) is 5. The van der Waals surface area contributed by atoms with Crippen molar-refractivity contribution in [2.24, 2.45) is 7.05 Å². The Morgan fingerprint density at radius 1 is 1.17 bits per heavy atom. The molecule has 120 valence electrons. The Morgan fingerprint density at radius 3 is 2.57 bits per heavy atom. The van der Waals surface area contributed by atoms with Gasteiger partial charge in [-0.15, -0.1) is 0 Å². The van der Waals surface area contributed by atoms with Crippen molar-refractivity contribution in [2.45, 2.75) is 45.4 Å². The molecule has 4 rings (SSSR count). The van der Waals surface area contributed by atoms with E-state index in [0.717, 1.165) is 33.2 Å². The number of halogens is 1. The van der Waals surface area contributed by atoms with Gasteiger partial charge in [0.2, 0.25) is 5.78 Å². The number of hydrogen-bond acceptors (Lipinski definition) is 3. The highest BCUT2D eigenvalue weighted by atomic mass is 79.9. The normalized spacial score (nSPS) is 15.0. The maximum absolute atomic E-state index is 4.80. The van der Waals surface area contributed by atoms with Gasteiger partial charge < -0.3 is 4.57 Å². The zero-order valence-electron chi connectivity index (χ0n) is 13.8. The molecule has 0 saturated heterocycles. The molecule has 3 aromatic heterocycles. The highest BCUT2D eigenvalue weighted by Gasteiger charge is 2.31. The van der Waals surface area contributed by atoms with Gasteiger partial charge in [0.25, 0.3) is 0 Å². The van der Waals surface area contributed by atoms with Crippen LogP contribution in [0.1, 0.15) is 55.6 Å². The minimum atomic E-state index is 0.312. The lowest BCUT2D eigenvalue weighted by atomic mass is 10.0. The summed E-state index contributed by atoms with van der Waals surface area (Å²) in [5.74, 6) is 2.69. The van der Waals surface area contributed by atoms with Crippen molar-refractivity contribution in [3.05, 3.63) is 34.1 Å². The highest BCUT2D eigenvalue weighted by molar-refractivity contribution is 9.10. The largest absolute Gasteiger partial charge is 0.330 e. The molecule has 0 aliphatic heterocycles. The van der Waals surface area contributed by atoms with Crippen molar-refractivity contribution in [1.29, 1.82) is 0 Å². The Labute approximate surface area is 143 Å². The van der Waals surface area contributed by atoms with E-state index in [-0.39, 0.29) is 0 Å². The van der Waals surface area contributed by atoms with Crippen molar-refractivity contribution >= 4 is 21.7 Å². The smallest absolute Gasteiger partial charge is 0.234 e. The van der Waals surface area contributed by atoms with Gasteiger partial charge in [-0.3, -0.25) is 4.40 Å². The van der Waals surface area contributed by atoms with Gasteiger partial charge in [0.15, 0.2) is 0 Å². The Hall–Kier alpha value is -1.69. The van der Waals surface area contributed by atoms with E-state index in [2.05, 4.69) is 52.6 Å². The molecular weight excluding hydrogens is 354 g/mol. The first-order chi connectivity index (χ1) is 11.0. The van der Waals surface area contributed by atoms with Crippen LogP contribution in [0.2, 0.25) is 0 Å². The lowest BCUT2D eigenvalue weighted by molar-refractivity contribution is 0.799. The van der Waals surface area contributed by atoms with E-state index in [0.29, 0.717) is 11.8 Å². The molecule has 1 fully saturated rings. The summed E-state index contributed by atoms with van der Waals surface area (Å²) in [6, 6.07) is 0. The maximum Gasteiger partial charge on any atom is 0.234 e. The molecule has 0 radical (unpaired) electrons. The number of rotatable bonds is 3. The van der Waals surface area contributed by atoms with Gasteiger partial charge in [0, 0.05) is 25.4 Å². The van der Waals surface area contributed by atoms with E-state index in [1.807, 2.05) is 17.5 Å². The molecule has 0 unspecified atom stereocenters. The van der Waals surface area contributed by atoms with E-state index >= 15 is 0 Å². The molecule has 1 aliphatic carbocycles. The second kappa shape index (κ2) is 5.16. The SMILES string of the molecule is Cc1cn2cc(-c3nc(Br)c(C4CC4)n3C)c(C(C)C)nc2n1. The number of fused-ring (bicyclic) bond motifs is 1. The molecule has 0 atom stereocenters. The van der Waals surface area contributed by atoms with Gasteiger partial charge in [-0.25, -0.2) is 15.0 Å². The molecule has 0 aromatic carbocycles. The van der Waals surface area contributed by atoms with E-state index in [1.54, 1.807) is 0 Å². The van der Waals surface area contributed by atoms with Crippen molar-refractivity contribution < 1.29 is 0 Å². The highest BCUT2D eigenvalue weighted by Crippen LogP contribution is 2.44. The third-order valence-electron chi connectivity index (χ3n) is 4.44. The Balaban J connectivity index is 1.97. The lowest BCUT2D eigenvalue weighted by Gasteiger charge is -2.13. The summed E-state index contributed by atoms with van der Waals surface area (Å²) in [6.07, 6.45) is 6.64. The van der Waals surface area contributed by atoms with Crippen LogP contribution in [0.5, 0.6) is 0 Å². The Bertz CT molecular complexity index is 901. The lowest BCUT2D eigenvalue weighted by Crippen LogP contribution is -2.05. The van der Waals surface area contributed by atoms with Crippen LogP contribution in [-0.2, 0) is 7.05 Å². The quantitative estimate of drug-likeness (QED) is 0.690. The average molecular weight is 374 g/mol. The molecule has 0 bridgehead atoms. The van der Waals surface area contributed by atoms with Crippen LogP contribution in [0.25, 0.3) is 17.2 Å². The topological polar surface area (TPSA) is 48.0 Å². The van der Waals surface area contributed by atoms with Gasteiger partial charge >= 0.3 is 0 Å². The summed E-state index contributed by atoms with van der Waals surface area (Å²) in [5, 5.41) is 0. The molecule has 3 aromatic rings. The molecule has 1 aliphatic rings. The molecule has 3 heterocycles. The summed E-state index contributed by atoms with van der Waals surface area (Å²) < 4.78 is 5.19. The fourth-order valence-electron chi connectivity index (χ4n) is 3.18. The second-order valence-electron chi connectivity index (χ2n) is 6.73. The van der Waals surface area contributed by atoms with E-state index < -0.39 is 0 Å². The zero-order valence-corrected chi connectivity index (χ0v) is 15.4. The fraction of sp³-hybridized carbons (Fsp3) is 0.471. The van der Waals surface area contributed by atoms with Gasteiger partial charge in [-0.1, -0.05) is 13.8 Å². The van der Waals surface area contributed by atoms with Crippen molar-refractivity contribution in [3.63, 3.8) is 0 Å². The number of hydrogen-bond donors (Lipinski definition) is 0. The van der Waals surface area contributed by atoms with Crippen LogP contribution >= 0.6 is 15.9 Å². The van der Waals surface area contributed by atoms with Crippen LogP contribution in [0, 0.1) is 6.92 Å². The van der Waals surface area contributed by atoms with Crippen LogP contribution in [0.15, 0.2) is 17.0 Å². The standard InChI is InChI=1S/C17H20BrN5/c1-9(2)13-12(8-23-7-10(3)19-17(23)20-13)16-21-15(18)14(22(16)4)11-5-6-11/h7-9,11H,5-6H2,1-4H3. The monoisotopic (exact) mass is 373 g/mol. The third-order valence-corrected chi connectivity index (χ3v) is 5.03. The predicted octanol–water partition coefficient (Wildman–Crippen LogP) is 4.20. The van der Waals surface area contributed by atoms with Gasteiger partial charge in [-0.2, -0.15) is 0 Å². The van der Waals surface area contributed by atoms with Crippen molar-refractivity contribution in [3.8, 4) is 11.4 Å². The first kappa shape index (κ1) is 14.9. The van der Waals surface area contributed by atoms with Gasteiger partial charge in [0.1, 0.15) is 10.4 Å². The predicted molar refractivity (Wildman–Crippen MR) is 93.7 cm³/mol. The minimum absolute atomic E-state index is 0.312. The molecule has 23 heavy (non-hydrogen) atoms. The van der Waals surface area contributed by atoms with Crippen LogP contribution in [0.4, 0.5) is 0 Å². The molecular formula is C17H20BrN5. The zero-order chi connectivity index (χ0) is 16.3. The summed E-state index contributed by atoms with van der Waals surface area (Å²) in [4.78, 5) is 14.1. The van der Waals surface area contributed by atoms with E-state index in [9.17, 15) is 0 Å². The average Bonchev–Trinajstić information content (AvgIpc) is 3.17. The minimum Gasteiger partial charge on any atom is -0.330 e. The van der Waals surface area contributed by atoms with Gasteiger partial charge in [-0.05, 0) is 41.6 Å². The molecule has 0 amide bonds. The number of aromatic nitrogens is 5. The van der Waals surface area contributed by atoms with Crippen molar-refractivity contribution in [1.82, 2.24) is 23.9 Å². The third kappa shape index (κ3) is 2.40. The van der Waals surface area contributed by atoms with Crippen molar-refractivity contribution in [2.75, 3.05) is 0 Å². The maximum atomic E-state index is 4.80. The van der Waals surface area contributed by atoms with E-state index in [1.165, 1.54) is 18.5 Å². The summed E-state index contributed by atoms with van der Waals surface area (Å²) in [7, 11) is 2.11. The number of aryl methyl sites for hydroxylation is 1. The first-order valence-electron chi connectivity index (χ1n) is 8.04. The summed E-state index contributed by atoms with van der Waals surface area (Å²) >= 11 is 3.65. The van der Waals surface area contributed by atoms with Crippen LogP contribution in [0.3, 0.4) is 0 Å². The Kier molecular flexibility index (Phi) is 3.34. The van der Waals surface area contributed by atoms with Crippen LogP contribution < -0.4 is 0 Å². The Morgan fingerprint density at radius 2 is 1.91 bits per heavy atom. The molecule has 0 spiro atoms. The fourth-order valence-corrected chi connectivity index (χ4v) is 3.94. The summed E-state index contributed by atoms with van der Waals surface area (Å²) in [5.41, 5.74) is 4.41. The van der Waals surface area contributed by atoms with Gasteiger partial charge in [0.05, 0.1) is 22.6 Å². The molecule has 5 nitrogen and oxygen atoms in total. The summed E-state index contributed by atoms with van der Waals surface area (Å²) in [6.45, 7) is 6.32. The molecule has 1 saturated carbocycles. The molecule has 0 N–H and O–H groups in total. The van der Waals surface area contributed by atoms with Crippen LogP contribution in [-0.4, -0.2) is 23.9 Å². The second-order valence-corrected chi connectivity index (χ2v) is 7.48. The molecule has 6 heteroatoms.